The van der Waals surface area contributed by atoms with Gasteiger partial charge in [-0.3, -0.25) is 0 Å². The zero-order valence-electron chi connectivity index (χ0n) is 7.50. The second-order valence-corrected chi connectivity index (χ2v) is 3.83. The lowest BCUT2D eigenvalue weighted by Gasteiger charge is -2.03. The number of rotatable bonds is 2. The molecular formula is C10H10BrN3. The minimum absolute atomic E-state index is 0.530. The molecule has 0 fully saturated rings. The number of aromatic nitrogens is 2. The summed E-state index contributed by atoms with van der Waals surface area (Å²) >= 11 is 3.45. The van der Waals surface area contributed by atoms with Crippen molar-refractivity contribution in [3.8, 4) is 11.3 Å². The molecule has 0 radical (unpaired) electrons. The molecule has 0 aliphatic carbocycles. The summed E-state index contributed by atoms with van der Waals surface area (Å²) in [6.45, 7) is 0.530. The molecule has 0 amide bonds. The molecule has 0 bridgehead atoms. The highest BCUT2D eigenvalue weighted by molar-refractivity contribution is 9.10. The van der Waals surface area contributed by atoms with Gasteiger partial charge in [0.25, 0.3) is 0 Å². The molecule has 0 unspecified atom stereocenters. The third kappa shape index (κ3) is 1.71. The Morgan fingerprint density at radius 2 is 2.29 bits per heavy atom. The fraction of sp³-hybridized carbons (Fsp3) is 0.100. The Labute approximate surface area is 90.5 Å². The van der Waals surface area contributed by atoms with Gasteiger partial charge in [0.2, 0.25) is 0 Å². The smallest absolute Gasteiger partial charge is 0.0924 e. The Morgan fingerprint density at radius 3 is 2.93 bits per heavy atom. The summed E-state index contributed by atoms with van der Waals surface area (Å²) < 4.78 is 1.04. The Bertz CT molecular complexity index is 423. The first-order valence-electron chi connectivity index (χ1n) is 4.28. The number of hydrogen-bond acceptors (Lipinski definition) is 2. The summed E-state index contributed by atoms with van der Waals surface area (Å²) in [5, 5.41) is 0. The highest BCUT2D eigenvalue weighted by Crippen LogP contribution is 2.23. The first-order valence-corrected chi connectivity index (χ1v) is 5.08. The number of imidazole rings is 1. The molecule has 0 saturated carbocycles. The van der Waals surface area contributed by atoms with Crippen LogP contribution in [0.2, 0.25) is 0 Å². The third-order valence-electron chi connectivity index (χ3n) is 2.07. The van der Waals surface area contributed by atoms with Gasteiger partial charge in [-0.15, -0.1) is 0 Å². The van der Waals surface area contributed by atoms with Crippen molar-refractivity contribution in [2.75, 3.05) is 0 Å². The largest absolute Gasteiger partial charge is 0.345 e. The fourth-order valence-electron chi connectivity index (χ4n) is 1.31. The molecular weight excluding hydrogens is 242 g/mol. The van der Waals surface area contributed by atoms with Crippen LogP contribution >= 0.6 is 15.9 Å². The van der Waals surface area contributed by atoms with Gasteiger partial charge in [0, 0.05) is 11.0 Å². The van der Waals surface area contributed by atoms with Gasteiger partial charge in [0.15, 0.2) is 0 Å². The second kappa shape index (κ2) is 3.94. The molecule has 1 heterocycles. The number of halogens is 1. The SMILES string of the molecule is NCc1cc(-c2cnc[nH]2)ccc1Br. The standard InChI is InChI=1S/C10H10BrN3/c11-9-2-1-7(3-8(9)4-12)10-5-13-6-14-10/h1-3,5-6H,4,12H2,(H,13,14). The minimum Gasteiger partial charge on any atom is -0.345 e. The van der Waals surface area contributed by atoms with Gasteiger partial charge >= 0.3 is 0 Å². The summed E-state index contributed by atoms with van der Waals surface area (Å²) in [4.78, 5) is 7.03. The minimum atomic E-state index is 0.530. The molecule has 14 heavy (non-hydrogen) atoms. The zero-order valence-corrected chi connectivity index (χ0v) is 9.08. The molecule has 0 spiro atoms. The van der Waals surface area contributed by atoms with Gasteiger partial charge in [-0.1, -0.05) is 22.0 Å². The van der Waals surface area contributed by atoms with Crippen LogP contribution < -0.4 is 5.73 Å². The molecule has 0 saturated heterocycles. The highest BCUT2D eigenvalue weighted by Gasteiger charge is 2.02. The lowest BCUT2D eigenvalue weighted by atomic mass is 10.1. The predicted octanol–water partition coefficient (Wildman–Crippen LogP) is 2.30. The van der Waals surface area contributed by atoms with E-state index >= 15 is 0 Å². The summed E-state index contributed by atoms with van der Waals surface area (Å²) in [7, 11) is 0. The van der Waals surface area contributed by atoms with E-state index in [1.807, 2.05) is 12.1 Å². The Kier molecular flexibility index (Phi) is 2.65. The normalized spacial score (nSPS) is 10.4. The fourth-order valence-corrected chi connectivity index (χ4v) is 1.72. The van der Waals surface area contributed by atoms with Gasteiger partial charge in [-0.2, -0.15) is 0 Å². The summed E-state index contributed by atoms with van der Waals surface area (Å²) in [6.07, 6.45) is 3.46. The zero-order chi connectivity index (χ0) is 9.97. The van der Waals surface area contributed by atoms with E-state index in [0.717, 1.165) is 21.3 Å². The number of nitrogens with two attached hydrogens (primary N) is 1. The second-order valence-electron chi connectivity index (χ2n) is 2.98. The number of aromatic amines is 1. The van der Waals surface area contributed by atoms with Crippen molar-refractivity contribution in [1.82, 2.24) is 9.97 Å². The van der Waals surface area contributed by atoms with Gasteiger partial charge in [0.1, 0.15) is 0 Å². The molecule has 4 heteroatoms. The maximum absolute atomic E-state index is 5.62. The molecule has 1 aromatic carbocycles. The van der Waals surface area contributed by atoms with E-state index < -0.39 is 0 Å². The molecule has 3 nitrogen and oxygen atoms in total. The molecule has 2 aromatic rings. The monoisotopic (exact) mass is 251 g/mol. The van der Waals surface area contributed by atoms with Crippen molar-refractivity contribution in [3.63, 3.8) is 0 Å². The molecule has 3 N–H and O–H groups in total. The molecule has 2 rings (SSSR count). The lowest BCUT2D eigenvalue weighted by molar-refractivity contribution is 1.06. The number of nitrogens with one attached hydrogen (secondary N) is 1. The van der Waals surface area contributed by atoms with Crippen LogP contribution in [-0.2, 0) is 6.54 Å². The summed E-state index contributed by atoms with van der Waals surface area (Å²) in [6, 6.07) is 6.08. The average molecular weight is 252 g/mol. The van der Waals surface area contributed by atoms with Gasteiger partial charge in [-0.05, 0) is 23.3 Å². The van der Waals surface area contributed by atoms with Gasteiger partial charge in [-0.25, -0.2) is 4.98 Å². The molecule has 0 atom stereocenters. The molecule has 72 valence electrons. The Morgan fingerprint density at radius 1 is 1.43 bits per heavy atom. The number of hydrogen-bond donors (Lipinski definition) is 2. The molecule has 1 aromatic heterocycles. The number of benzene rings is 1. The van der Waals surface area contributed by atoms with E-state index in [4.69, 9.17) is 5.73 Å². The Balaban J connectivity index is 2.46. The van der Waals surface area contributed by atoms with Crippen molar-refractivity contribution in [2.45, 2.75) is 6.54 Å². The first kappa shape index (κ1) is 9.43. The maximum atomic E-state index is 5.62. The van der Waals surface area contributed by atoms with Crippen LogP contribution in [0, 0.1) is 0 Å². The van der Waals surface area contributed by atoms with Crippen LogP contribution in [0.4, 0.5) is 0 Å². The van der Waals surface area contributed by atoms with Crippen molar-refractivity contribution in [3.05, 3.63) is 40.8 Å². The quantitative estimate of drug-likeness (QED) is 0.861. The van der Waals surface area contributed by atoms with E-state index in [0.29, 0.717) is 6.54 Å². The van der Waals surface area contributed by atoms with Gasteiger partial charge in [0.05, 0.1) is 18.2 Å². The number of H-pyrrole nitrogens is 1. The van der Waals surface area contributed by atoms with Crippen molar-refractivity contribution in [1.29, 1.82) is 0 Å². The van der Waals surface area contributed by atoms with Crippen LogP contribution in [0.25, 0.3) is 11.3 Å². The van der Waals surface area contributed by atoms with E-state index in [1.165, 1.54) is 0 Å². The van der Waals surface area contributed by atoms with Crippen molar-refractivity contribution < 1.29 is 0 Å². The average Bonchev–Trinajstić information content (AvgIpc) is 2.71. The van der Waals surface area contributed by atoms with Crippen molar-refractivity contribution in [2.24, 2.45) is 5.73 Å². The maximum Gasteiger partial charge on any atom is 0.0924 e. The third-order valence-corrected chi connectivity index (χ3v) is 2.85. The summed E-state index contributed by atoms with van der Waals surface area (Å²) in [5.74, 6) is 0. The highest BCUT2D eigenvalue weighted by atomic mass is 79.9. The topological polar surface area (TPSA) is 54.7 Å². The van der Waals surface area contributed by atoms with Crippen LogP contribution in [0.15, 0.2) is 35.2 Å². The van der Waals surface area contributed by atoms with E-state index in [-0.39, 0.29) is 0 Å². The lowest BCUT2D eigenvalue weighted by Crippen LogP contribution is -1.97. The summed E-state index contributed by atoms with van der Waals surface area (Å²) in [5.41, 5.74) is 8.82. The van der Waals surface area contributed by atoms with Crippen molar-refractivity contribution >= 4 is 15.9 Å². The van der Waals surface area contributed by atoms with Crippen LogP contribution in [0.1, 0.15) is 5.56 Å². The van der Waals surface area contributed by atoms with Gasteiger partial charge < -0.3 is 10.7 Å². The van der Waals surface area contributed by atoms with Crippen LogP contribution in [0.3, 0.4) is 0 Å². The van der Waals surface area contributed by atoms with E-state index in [1.54, 1.807) is 12.5 Å². The molecule has 0 aliphatic rings. The predicted molar refractivity (Wildman–Crippen MR) is 59.6 cm³/mol. The van der Waals surface area contributed by atoms with E-state index in [2.05, 4.69) is 32.0 Å². The Hall–Kier alpha value is -1.13. The van der Waals surface area contributed by atoms with Crippen LogP contribution in [-0.4, -0.2) is 9.97 Å². The first-order chi connectivity index (χ1) is 6.81. The molecule has 0 aliphatic heterocycles. The van der Waals surface area contributed by atoms with Crippen LogP contribution in [0.5, 0.6) is 0 Å². The number of nitrogens with zero attached hydrogens (tertiary/aromatic N) is 1. The van der Waals surface area contributed by atoms with E-state index in [9.17, 15) is 0 Å².